The third-order valence-electron chi connectivity index (χ3n) is 5.33. The summed E-state index contributed by atoms with van der Waals surface area (Å²) in [6.07, 6.45) is 0. The van der Waals surface area contributed by atoms with Gasteiger partial charge >= 0.3 is 11.9 Å². The van der Waals surface area contributed by atoms with E-state index in [-0.39, 0.29) is 0 Å². The van der Waals surface area contributed by atoms with Crippen LogP contribution in [0, 0.1) is 0 Å². The van der Waals surface area contributed by atoms with Crippen LogP contribution in [0.4, 0.5) is 0 Å². The summed E-state index contributed by atoms with van der Waals surface area (Å²) in [6, 6.07) is 7.47. The molecule has 0 bridgehead atoms. The van der Waals surface area contributed by atoms with Gasteiger partial charge in [-0.1, -0.05) is 26.0 Å². The molecule has 164 valence electrons. The summed E-state index contributed by atoms with van der Waals surface area (Å²) < 4.78 is 16.0. The first-order valence-corrected chi connectivity index (χ1v) is 10.2. The summed E-state index contributed by atoms with van der Waals surface area (Å²) >= 11 is 0. The van der Waals surface area contributed by atoms with Crippen molar-refractivity contribution in [3.63, 3.8) is 0 Å². The van der Waals surface area contributed by atoms with E-state index >= 15 is 0 Å². The lowest BCUT2D eigenvalue weighted by molar-refractivity contribution is -0.137. The van der Waals surface area contributed by atoms with Gasteiger partial charge in [0, 0.05) is 17.9 Å². The molecule has 0 fully saturated rings. The summed E-state index contributed by atoms with van der Waals surface area (Å²) in [6.45, 7) is 11.1. The average Bonchev–Trinajstić information content (AvgIpc) is 2.75. The first kappa shape index (κ1) is 23.5. The van der Waals surface area contributed by atoms with Gasteiger partial charge in [0.15, 0.2) is 0 Å². The van der Waals surface area contributed by atoms with Crippen LogP contribution >= 0.6 is 0 Å². The van der Waals surface area contributed by atoms with Crippen LogP contribution in [0.3, 0.4) is 0 Å². The van der Waals surface area contributed by atoms with Gasteiger partial charge in [-0.05, 0) is 44.6 Å². The number of hydrogen-bond donors (Lipinski definition) is 1. The number of carbonyl (C=O) groups is 2. The third-order valence-corrected chi connectivity index (χ3v) is 5.33. The molecule has 1 aromatic rings. The summed E-state index contributed by atoms with van der Waals surface area (Å²) in [5.74, 6) is -0.919. The van der Waals surface area contributed by atoms with E-state index in [1.807, 2.05) is 24.3 Å². The first-order valence-electron chi connectivity index (χ1n) is 10.2. The fraction of sp³-hybridized carbons (Fsp3) is 0.478. The second-order valence-electron chi connectivity index (χ2n) is 7.07. The lowest BCUT2D eigenvalue weighted by Gasteiger charge is -2.30. The van der Waals surface area contributed by atoms with Crippen molar-refractivity contribution in [3.8, 4) is 5.75 Å². The Morgan fingerprint density at radius 1 is 1.00 bits per heavy atom. The highest BCUT2D eigenvalue weighted by Crippen LogP contribution is 2.40. The minimum Gasteiger partial charge on any atom is -0.492 e. The number of nitrogens with one attached hydrogen (secondary N) is 1. The molecule has 0 saturated carbocycles. The number of esters is 2. The van der Waals surface area contributed by atoms with E-state index in [4.69, 9.17) is 14.2 Å². The van der Waals surface area contributed by atoms with Gasteiger partial charge < -0.3 is 24.4 Å². The van der Waals surface area contributed by atoms with Crippen LogP contribution in [0.15, 0.2) is 46.8 Å². The summed E-state index contributed by atoms with van der Waals surface area (Å²) in [5.41, 5.74) is 2.80. The molecule has 1 aliphatic rings. The molecule has 1 N–H and O–H groups in total. The molecule has 2 rings (SSSR count). The smallest absolute Gasteiger partial charge is 0.336 e. The number of methoxy groups -OCH3 is 2. The monoisotopic (exact) mass is 416 g/mol. The van der Waals surface area contributed by atoms with Crippen molar-refractivity contribution in [3.05, 3.63) is 52.4 Å². The normalized spacial score (nSPS) is 14.6. The zero-order valence-corrected chi connectivity index (χ0v) is 18.7. The van der Waals surface area contributed by atoms with E-state index in [1.54, 1.807) is 13.8 Å². The van der Waals surface area contributed by atoms with Gasteiger partial charge in [-0.2, -0.15) is 0 Å². The Labute approximate surface area is 178 Å². The fourth-order valence-electron chi connectivity index (χ4n) is 3.70. The molecular weight excluding hydrogens is 384 g/mol. The topological polar surface area (TPSA) is 77.1 Å². The van der Waals surface area contributed by atoms with Crippen LogP contribution in [-0.2, 0) is 19.1 Å². The maximum absolute atomic E-state index is 12.6. The zero-order valence-electron chi connectivity index (χ0n) is 18.7. The lowest BCUT2D eigenvalue weighted by Crippen LogP contribution is -2.32. The Hall–Kier alpha value is -2.80. The van der Waals surface area contributed by atoms with Crippen LogP contribution in [-0.4, -0.2) is 57.3 Å². The van der Waals surface area contributed by atoms with E-state index in [9.17, 15) is 9.59 Å². The standard InChI is InChI=1S/C23H32N2O5/c1-7-25(8-2)12-13-30-18-11-9-10-17(14-18)21-19(22(26)28-5)15(3)24-16(4)20(21)23(27)29-6/h9-11,14,21,24H,7-8,12-13H2,1-6H3. The number of benzene rings is 1. The quantitative estimate of drug-likeness (QED) is 0.620. The number of rotatable bonds is 9. The number of nitrogens with zero attached hydrogens (tertiary/aromatic N) is 1. The number of carbonyl (C=O) groups excluding carboxylic acids is 2. The molecule has 0 saturated heterocycles. The van der Waals surface area contributed by atoms with Crippen LogP contribution in [0.5, 0.6) is 5.75 Å². The molecule has 7 heteroatoms. The van der Waals surface area contributed by atoms with Crippen LogP contribution in [0.25, 0.3) is 0 Å². The molecule has 0 aliphatic carbocycles. The molecule has 30 heavy (non-hydrogen) atoms. The van der Waals surface area contributed by atoms with Crippen molar-refractivity contribution in [2.75, 3.05) is 40.5 Å². The first-order chi connectivity index (χ1) is 14.4. The highest BCUT2D eigenvalue weighted by Gasteiger charge is 2.37. The lowest BCUT2D eigenvalue weighted by atomic mass is 9.80. The Morgan fingerprint density at radius 2 is 1.57 bits per heavy atom. The Kier molecular flexibility index (Phi) is 8.47. The van der Waals surface area contributed by atoms with E-state index in [0.29, 0.717) is 34.9 Å². The van der Waals surface area contributed by atoms with Crippen LogP contribution in [0.2, 0.25) is 0 Å². The third kappa shape index (κ3) is 5.21. The number of allylic oxidation sites excluding steroid dienone is 2. The molecular formula is C23H32N2O5. The minimum absolute atomic E-state index is 0.379. The molecule has 1 heterocycles. The second kappa shape index (κ2) is 10.8. The Balaban J connectivity index is 2.41. The molecule has 7 nitrogen and oxygen atoms in total. The van der Waals surface area contributed by atoms with Crippen molar-refractivity contribution in [2.45, 2.75) is 33.6 Å². The van der Waals surface area contributed by atoms with E-state index < -0.39 is 17.9 Å². The summed E-state index contributed by atoms with van der Waals surface area (Å²) in [7, 11) is 2.66. The number of hydrogen-bond acceptors (Lipinski definition) is 7. The minimum atomic E-state index is -0.613. The second-order valence-corrected chi connectivity index (χ2v) is 7.07. The maximum atomic E-state index is 12.6. The van der Waals surface area contributed by atoms with Gasteiger partial charge in [0.1, 0.15) is 12.4 Å². The van der Waals surface area contributed by atoms with Crippen molar-refractivity contribution in [1.82, 2.24) is 10.2 Å². The van der Waals surface area contributed by atoms with Gasteiger partial charge in [0.05, 0.1) is 31.3 Å². The zero-order chi connectivity index (χ0) is 22.3. The van der Waals surface area contributed by atoms with Crippen molar-refractivity contribution >= 4 is 11.9 Å². The van der Waals surface area contributed by atoms with Gasteiger partial charge in [0.2, 0.25) is 0 Å². The van der Waals surface area contributed by atoms with Crippen LogP contribution in [0.1, 0.15) is 39.2 Å². The van der Waals surface area contributed by atoms with E-state index in [1.165, 1.54) is 14.2 Å². The SMILES string of the molecule is CCN(CC)CCOc1cccc(C2C(C(=O)OC)=C(C)NC(C)=C2C(=O)OC)c1. The number of likely N-dealkylation sites (N-methyl/N-ethyl adjacent to an activating group) is 1. The number of ether oxygens (including phenoxy) is 3. The predicted octanol–water partition coefficient (Wildman–Crippen LogP) is 2.99. The summed E-state index contributed by atoms with van der Waals surface area (Å²) in [5, 5.41) is 3.10. The van der Waals surface area contributed by atoms with Crippen molar-refractivity contribution < 1.29 is 23.8 Å². The molecule has 0 aromatic heterocycles. The predicted molar refractivity (Wildman–Crippen MR) is 115 cm³/mol. The molecule has 0 atom stereocenters. The Morgan fingerprint density at radius 3 is 2.07 bits per heavy atom. The average molecular weight is 417 g/mol. The Bertz CT molecular complexity index is 802. The largest absolute Gasteiger partial charge is 0.492 e. The molecule has 0 radical (unpaired) electrons. The molecule has 0 unspecified atom stereocenters. The molecule has 0 spiro atoms. The van der Waals surface area contributed by atoms with Crippen molar-refractivity contribution in [1.29, 1.82) is 0 Å². The number of dihydropyridines is 1. The highest BCUT2D eigenvalue weighted by atomic mass is 16.5. The van der Waals surface area contributed by atoms with Gasteiger partial charge in [-0.25, -0.2) is 9.59 Å². The molecule has 0 amide bonds. The van der Waals surface area contributed by atoms with E-state index in [0.717, 1.165) is 25.2 Å². The fourth-order valence-corrected chi connectivity index (χ4v) is 3.70. The highest BCUT2D eigenvalue weighted by molar-refractivity contribution is 5.99. The van der Waals surface area contributed by atoms with Crippen LogP contribution < -0.4 is 10.1 Å². The summed E-state index contributed by atoms with van der Waals surface area (Å²) in [4.78, 5) is 27.5. The molecule has 1 aliphatic heterocycles. The van der Waals surface area contributed by atoms with E-state index in [2.05, 4.69) is 24.1 Å². The van der Waals surface area contributed by atoms with Crippen molar-refractivity contribution in [2.24, 2.45) is 0 Å². The van der Waals surface area contributed by atoms with Gasteiger partial charge in [-0.15, -0.1) is 0 Å². The van der Waals surface area contributed by atoms with Gasteiger partial charge in [0.25, 0.3) is 0 Å². The molecule has 1 aromatic carbocycles. The maximum Gasteiger partial charge on any atom is 0.336 e. The van der Waals surface area contributed by atoms with Gasteiger partial charge in [-0.3, -0.25) is 0 Å².